The molecule has 1 aliphatic carbocycles. The summed E-state index contributed by atoms with van der Waals surface area (Å²) in [5, 5.41) is 9.99. The number of amides is 1. The second-order valence-corrected chi connectivity index (χ2v) is 6.01. The molecule has 1 aromatic rings. The molecule has 116 valence electrons. The smallest absolute Gasteiger partial charge is 0.289 e. The Kier molecular flexibility index (Phi) is 4.31. The Balaban J connectivity index is 1.56. The topological polar surface area (TPSA) is 56.9 Å². The van der Waals surface area contributed by atoms with Crippen molar-refractivity contribution in [3.63, 3.8) is 0 Å². The first kappa shape index (κ1) is 14.6. The molecule has 3 rings (SSSR count). The molecule has 2 atom stereocenters. The lowest BCUT2D eigenvalue weighted by Gasteiger charge is -2.38. The highest BCUT2D eigenvalue weighted by molar-refractivity contribution is 5.91. The van der Waals surface area contributed by atoms with Crippen molar-refractivity contribution < 1.29 is 14.3 Å². The maximum Gasteiger partial charge on any atom is 0.289 e. The highest BCUT2D eigenvalue weighted by Crippen LogP contribution is 2.25. The van der Waals surface area contributed by atoms with Crippen LogP contribution in [0.3, 0.4) is 0 Å². The number of aliphatic hydroxyl groups is 1. The van der Waals surface area contributed by atoms with Crippen LogP contribution in [0.4, 0.5) is 0 Å². The molecule has 5 heteroatoms. The number of carbonyl (C=O) groups is 1. The predicted octanol–water partition coefficient (Wildman–Crippen LogP) is 1.51. The van der Waals surface area contributed by atoms with Crippen LogP contribution in [0.2, 0.25) is 0 Å². The van der Waals surface area contributed by atoms with Gasteiger partial charge in [-0.3, -0.25) is 9.69 Å². The summed E-state index contributed by atoms with van der Waals surface area (Å²) in [6.07, 6.45) is 3.71. The van der Waals surface area contributed by atoms with Crippen LogP contribution in [0.1, 0.15) is 42.5 Å². The summed E-state index contributed by atoms with van der Waals surface area (Å²) >= 11 is 0. The molecule has 1 saturated heterocycles. The molecule has 2 heterocycles. The summed E-state index contributed by atoms with van der Waals surface area (Å²) in [5.74, 6) is 1.29. The average Bonchev–Trinajstić information content (AvgIpc) is 3.15. The zero-order chi connectivity index (χ0) is 14.8. The first-order valence-electron chi connectivity index (χ1n) is 7.99. The first-order valence-corrected chi connectivity index (χ1v) is 7.99. The Hall–Kier alpha value is -1.33. The highest BCUT2D eigenvalue weighted by Gasteiger charge is 2.33. The van der Waals surface area contributed by atoms with E-state index in [1.165, 1.54) is 0 Å². The fourth-order valence-corrected chi connectivity index (χ4v) is 3.44. The van der Waals surface area contributed by atoms with Crippen LogP contribution in [0.15, 0.2) is 16.5 Å². The second-order valence-electron chi connectivity index (χ2n) is 6.01. The van der Waals surface area contributed by atoms with Crippen LogP contribution in [0.5, 0.6) is 0 Å². The summed E-state index contributed by atoms with van der Waals surface area (Å²) in [6, 6.07) is 3.93. The molecule has 0 spiro atoms. The number of hydrogen-bond acceptors (Lipinski definition) is 4. The van der Waals surface area contributed by atoms with Gasteiger partial charge in [-0.2, -0.15) is 0 Å². The molecular weight excluding hydrogens is 268 g/mol. The van der Waals surface area contributed by atoms with Gasteiger partial charge in [-0.15, -0.1) is 0 Å². The van der Waals surface area contributed by atoms with Crippen molar-refractivity contribution in [3.05, 3.63) is 23.7 Å². The van der Waals surface area contributed by atoms with Gasteiger partial charge in [0.05, 0.1) is 6.10 Å². The number of carbonyl (C=O) groups excluding carboxylic acids is 1. The Morgan fingerprint density at radius 2 is 2.05 bits per heavy atom. The SMILES string of the molecule is CCc1ccc(C(=O)N2CCN([C@H]3CCC[C@@H]3O)CC2)o1. The summed E-state index contributed by atoms with van der Waals surface area (Å²) < 4.78 is 5.55. The van der Waals surface area contributed by atoms with Gasteiger partial charge in [-0.1, -0.05) is 6.92 Å². The number of aliphatic hydroxyl groups excluding tert-OH is 1. The van der Waals surface area contributed by atoms with Crippen molar-refractivity contribution in [2.24, 2.45) is 0 Å². The summed E-state index contributed by atoms with van der Waals surface area (Å²) in [5.41, 5.74) is 0. The van der Waals surface area contributed by atoms with Crippen molar-refractivity contribution >= 4 is 5.91 Å². The predicted molar refractivity (Wildman–Crippen MR) is 79.2 cm³/mol. The Morgan fingerprint density at radius 3 is 2.62 bits per heavy atom. The average molecular weight is 292 g/mol. The van der Waals surface area contributed by atoms with Gasteiger partial charge in [0.25, 0.3) is 5.91 Å². The number of hydrogen-bond donors (Lipinski definition) is 1. The van der Waals surface area contributed by atoms with Gasteiger partial charge in [0.1, 0.15) is 5.76 Å². The minimum atomic E-state index is -0.190. The molecule has 5 nitrogen and oxygen atoms in total. The lowest BCUT2D eigenvalue weighted by molar-refractivity contribution is 0.0301. The zero-order valence-electron chi connectivity index (χ0n) is 12.6. The fraction of sp³-hybridized carbons (Fsp3) is 0.688. The van der Waals surface area contributed by atoms with E-state index in [9.17, 15) is 9.90 Å². The van der Waals surface area contributed by atoms with Crippen LogP contribution in [-0.4, -0.2) is 59.1 Å². The molecule has 2 aliphatic rings. The summed E-state index contributed by atoms with van der Waals surface area (Å²) in [4.78, 5) is 16.6. The van der Waals surface area contributed by atoms with Gasteiger partial charge in [0.2, 0.25) is 0 Å². The van der Waals surface area contributed by atoms with Crippen LogP contribution >= 0.6 is 0 Å². The maximum atomic E-state index is 12.4. The Labute approximate surface area is 125 Å². The van der Waals surface area contributed by atoms with E-state index >= 15 is 0 Å². The number of rotatable bonds is 3. The van der Waals surface area contributed by atoms with Crippen molar-refractivity contribution in [1.29, 1.82) is 0 Å². The van der Waals surface area contributed by atoms with Crippen LogP contribution < -0.4 is 0 Å². The molecule has 0 unspecified atom stereocenters. The molecule has 0 bridgehead atoms. The maximum absolute atomic E-state index is 12.4. The van der Waals surface area contributed by atoms with E-state index in [1.807, 2.05) is 17.9 Å². The van der Waals surface area contributed by atoms with Crippen molar-refractivity contribution in [2.45, 2.75) is 44.8 Å². The minimum absolute atomic E-state index is 0.0127. The van der Waals surface area contributed by atoms with E-state index in [0.717, 1.165) is 44.5 Å². The molecule has 1 aliphatic heterocycles. The number of nitrogens with zero attached hydrogens (tertiary/aromatic N) is 2. The molecule has 0 aromatic carbocycles. The lowest BCUT2D eigenvalue weighted by atomic mass is 10.1. The van der Waals surface area contributed by atoms with E-state index < -0.39 is 0 Å². The van der Waals surface area contributed by atoms with Gasteiger partial charge in [-0.05, 0) is 31.4 Å². The third-order valence-corrected chi connectivity index (χ3v) is 4.74. The van der Waals surface area contributed by atoms with Gasteiger partial charge >= 0.3 is 0 Å². The quantitative estimate of drug-likeness (QED) is 0.917. The monoisotopic (exact) mass is 292 g/mol. The molecule has 1 N–H and O–H groups in total. The molecule has 1 aromatic heterocycles. The number of furan rings is 1. The van der Waals surface area contributed by atoms with E-state index in [4.69, 9.17) is 4.42 Å². The van der Waals surface area contributed by atoms with Gasteiger partial charge in [0, 0.05) is 38.6 Å². The molecule has 2 fully saturated rings. The number of piperazine rings is 1. The van der Waals surface area contributed by atoms with Crippen LogP contribution in [-0.2, 0) is 6.42 Å². The molecule has 21 heavy (non-hydrogen) atoms. The van der Waals surface area contributed by atoms with Gasteiger partial charge in [0.15, 0.2) is 5.76 Å². The van der Waals surface area contributed by atoms with Crippen LogP contribution in [0, 0.1) is 0 Å². The normalized spacial score (nSPS) is 27.2. The lowest BCUT2D eigenvalue weighted by Crippen LogP contribution is -2.53. The Bertz CT molecular complexity index is 491. The van der Waals surface area contributed by atoms with Crippen molar-refractivity contribution in [1.82, 2.24) is 9.80 Å². The fourth-order valence-electron chi connectivity index (χ4n) is 3.44. The number of aryl methyl sites for hydroxylation is 1. The third-order valence-electron chi connectivity index (χ3n) is 4.74. The molecular formula is C16H24N2O3. The first-order chi connectivity index (χ1) is 10.2. The van der Waals surface area contributed by atoms with E-state index in [-0.39, 0.29) is 18.1 Å². The minimum Gasteiger partial charge on any atom is -0.456 e. The van der Waals surface area contributed by atoms with E-state index in [2.05, 4.69) is 4.90 Å². The van der Waals surface area contributed by atoms with Gasteiger partial charge < -0.3 is 14.4 Å². The van der Waals surface area contributed by atoms with E-state index in [0.29, 0.717) is 18.8 Å². The molecule has 1 saturated carbocycles. The summed E-state index contributed by atoms with van der Waals surface area (Å²) in [7, 11) is 0. The molecule has 0 radical (unpaired) electrons. The van der Waals surface area contributed by atoms with Crippen molar-refractivity contribution in [3.8, 4) is 0 Å². The van der Waals surface area contributed by atoms with Crippen LogP contribution in [0.25, 0.3) is 0 Å². The third kappa shape index (κ3) is 2.99. The second kappa shape index (κ2) is 6.20. The van der Waals surface area contributed by atoms with E-state index in [1.54, 1.807) is 6.07 Å². The standard InChI is InChI=1S/C16H24N2O3/c1-2-12-6-7-15(21-12)16(20)18-10-8-17(9-11-18)13-4-3-5-14(13)19/h6-7,13-14,19H,2-5,8-11H2,1H3/t13-,14-/m0/s1. The van der Waals surface area contributed by atoms with Gasteiger partial charge in [-0.25, -0.2) is 0 Å². The largest absolute Gasteiger partial charge is 0.456 e. The summed E-state index contributed by atoms with van der Waals surface area (Å²) in [6.45, 7) is 5.12. The zero-order valence-corrected chi connectivity index (χ0v) is 12.6. The molecule has 1 amide bonds. The Morgan fingerprint density at radius 1 is 1.29 bits per heavy atom. The highest BCUT2D eigenvalue weighted by atomic mass is 16.4. The van der Waals surface area contributed by atoms with Crippen molar-refractivity contribution in [2.75, 3.05) is 26.2 Å².